The summed E-state index contributed by atoms with van der Waals surface area (Å²) in [7, 11) is 1.70. The zero-order valence-electron chi connectivity index (χ0n) is 10.1. The van der Waals surface area contributed by atoms with Crippen LogP contribution in [-0.2, 0) is 0 Å². The van der Waals surface area contributed by atoms with E-state index < -0.39 is 0 Å². The van der Waals surface area contributed by atoms with Crippen LogP contribution in [0.1, 0.15) is 42.5 Å². The van der Waals surface area contributed by atoms with Gasteiger partial charge in [0.05, 0.1) is 11.6 Å². The summed E-state index contributed by atoms with van der Waals surface area (Å²) < 4.78 is 6.29. The molecule has 1 unspecified atom stereocenters. The van der Waals surface area contributed by atoms with E-state index in [1.54, 1.807) is 7.11 Å². The first kappa shape index (κ1) is 13.4. The Morgan fingerprint density at radius 2 is 2.06 bits per heavy atom. The Balaban J connectivity index is 2.02. The molecular formula is C14H18Br2O. The van der Waals surface area contributed by atoms with Crippen LogP contribution >= 0.6 is 31.9 Å². The quantitative estimate of drug-likeness (QED) is 0.645. The SMILES string of the molecule is COc1ccc(C(Br)CC2CCCC2)cc1Br. The van der Waals surface area contributed by atoms with Crippen LogP contribution in [0.15, 0.2) is 22.7 Å². The molecule has 1 atom stereocenters. The highest BCUT2D eigenvalue weighted by Gasteiger charge is 2.20. The van der Waals surface area contributed by atoms with Crippen molar-refractivity contribution >= 4 is 31.9 Å². The molecule has 1 aliphatic rings. The van der Waals surface area contributed by atoms with Crippen LogP contribution in [0.3, 0.4) is 0 Å². The van der Waals surface area contributed by atoms with Crippen molar-refractivity contribution in [1.82, 2.24) is 0 Å². The molecule has 0 N–H and O–H groups in total. The van der Waals surface area contributed by atoms with Gasteiger partial charge in [0.15, 0.2) is 0 Å². The number of methoxy groups -OCH3 is 1. The normalized spacial score (nSPS) is 18.3. The van der Waals surface area contributed by atoms with Crippen molar-refractivity contribution in [3.63, 3.8) is 0 Å². The fourth-order valence-electron chi connectivity index (χ4n) is 2.55. The molecule has 1 fully saturated rings. The van der Waals surface area contributed by atoms with Gasteiger partial charge in [-0.05, 0) is 46.0 Å². The molecule has 0 aromatic heterocycles. The smallest absolute Gasteiger partial charge is 0.133 e. The maximum Gasteiger partial charge on any atom is 0.133 e. The lowest BCUT2D eigenvalue weighted by molar-refractivity contribution is 0.412. The van der Waals surface area contributed by atoms with Crippen molar-refractivity contribution in [3.05, 3.63) is 28.2 Å². The summed E-state index contributed by atoms with van der Waals surface area (Å²) in [5.74, 6) is 1.80. The Bertz CT molecular complexity index is 372. The topological polar surface area (TPSA) is 9.23 Å². The molecule has 0 heterocycles. The van der Waals surface area contributed by atoms with E-state index in [0.29, 0.717) is 4.83 Å². The predicted molar refractivity (Wildman–Crippen MR) is 78.9 cm³/mol. The number of rotatable bonds is 4. The van der Waals surface area contributed by atoms with Crippen LogP contribution < -0.4 is 4.74 Å². The van der Waals surface area contributed by atoms with E-state index in [0.717, 1.165) is 16.1 Å². The van der Waals surface area contributed by atoms with Gasteiger partial charge in [-0.2, -0.15) is 0 Å². The van der Waals surface area contributed by atoms with Crippen molar-refractivity contribution in [2.45, 2.75) is 36.9 Å². The summed E-state index contributed by atoms with van der Waals surface area (Å²) in [6.45, 7) is 0. The molecular weight excluding hydrogens is 344 g/mol. The number of ether oxygens (including phenoxy) is 1. The van der Waals surface area contributed by atoms with E-state index in [9.17, 15) is 0 Å². The van der Waals surface area contributed by atoms with E-state index in [1.807, 2.05) is 6.07 Å². The van der Waals surface area contributed by atoms with Crippen molar-refractivity contribution < 1.29 is 4.74 Å². The Labute approximate surface area is 120 Å². The molecule has 1 aromatic carbocycles. The third kappa shape index (κ3) is 3.47. The third-order valence-electron chi connectivity index (χ3n) is 3.55. The number of hydrogen-bond donors (Lipinski definition) is 0. The van der Waals surface area contributed by atoms with E-state index in [-0.39, 0.29) is 0 Å². The summed E-state index contributed by atoms with van der Waals surface area (Å²) in [5.41, 5.74) is 1.34. The lowest BCUT2D eigenvalue weighted by Crippen LogP contribution is -1.99. The number of alkyl halides is 1. The zero-order valence-corrected chi connectivity index (χ0v) is 13.3. The largest absolute Gasteiger partial charge is 0.496 e. The Hall–Kier alpha value is -0.0200. The van der Waals surface area contributed by atoms with E-state index >= 15 is 0 Å². The summed E-state index contributed by atoms with van der Waals surface area (Å²) in [6, 6.07) is 6.34. The van der Waals surface area contributed by atoms with Crippen molar-refractivity contribution in [3.8, 4) is 5.75 Å². The van der Waals surface area contributed by atoms with Gasteiger partial charge >= 0.3 is 0 Å². The van der Waals surface area contributed by atoms with Crippen molar-refractivity contribution in [2.24, 2.45) is 5.92 Å². The van der Waals surface area contributed by atoms with Crippen LogP contribution in [0.4, 0.5) is 0 Å². The standard InChI is InChI=1S/C14H18Br2O/c1-17-14-7-6-11(9-13(14)16)12(15)8-10-4-2-3-5-10/h6-7,9-10,12H,2-5,8H2,1H3. The van der Waals surface area contributed by atoms with Gasteiger partial charge in [0.25, 0.3) is 0 Å². The average molecular weight is 362 g/mol. The molecule has 94 valence electrons. The number of benzene rings is 1. The second kappa shape index (κ2) is 6.24. The van der Waals surface area contributed by atoms with Gasteiger partial charge in [-0.1, -0.05) is 47.7 Å². The lowest BCUT2D eigenvalue weighted by Gasteiger charge is -2.16. The van der Waals surface area contributed by atoms with Gasteiger partial charge in [0, 0.05) is 4.83 Å². The van der Waals surface area contributed by atoms with Gasteiger partial charge in [0.2, 0.25) is 0 Å². The first-order valence-corrected chi connectivity index (χ1v) is 7.89. The summed E-state index contributed by atoms with van der Waals surface area (Å²) in [4.78, 5) is 0.466. The van der Waals surface area contributed by atoms with E-state index in [4.69, 9.17) is 4.74 Å². The minimum absolute atomic E-state index is 0.466. The molecule has 0 bridgehead atoms. The van der Waals surface area contributed by atoms with Crippen LogP contribution in [0, 0.1) is 5.92 Å². The number of hydrogen-bond acceptors (Lipinski definition) is 1. The Morgan fingerprint density at radius 3 is 2.65 bits per heavy atom. The fourth-order valence-corrected chi connectivity index (χ4v) is 3.92. The van der Waals surface area contributed by atoms with E-state index in [1.165, 1.54) is 37.7 Å². The van der Waals surface area contributed by atoms with Gasteiger partial charge < -0.3 is 4.74 Å². The lowest BCUT2D eigenvalue weighted by atomic mass is 9.98. The van der Waals surface area contributed by atoms with Crippen molar-refractivity contribution in [2.75, 3.05) is 7.11 Å². The van der Waals surface area contributed by atoms with Crippen LogP contribution in [0.5, 0.6) is 5.75 Å². The van der Waals surface area contributed by atoms with Gasteiger partial charge in [0.1, 0.15) is 5.75 Å². The monoisotopic (exact) mass is 360 g/mol. The molecule has 0 spiro atoms. The molecule has 1 saturated carbocycles. The molecule has 1 nitrogen and oxygen atoms in total. The van der Waals surface area contributed by atoms with Gasteiger partial charge in [-0.15, -0.1) is 0 Å². The first-order chi connectivity index (χ1) is 8.20. The number of halogens is 2. The molecule has 1 aliphatic carbocycles. The zero-order chi connectivity index (χ0) is 12.3. The van der Waals surface area contributed by atoms with Crippen LogP contribution in [0.2, 0.25) is 0 Å². The third-order valence-corrected chi connectivity index (χ3v) is 5.07. The highest BCUT2D eigenvalue weighted by Crippen LogP contribution is 2.39. The maximum absolute atomic E-state index is 5.25. The molecule has 17 heavy (non-hydrogen) atoms. The first-order valence-electron chi connectivity index (χ1n) is 6.18. The van der Waals surface area contributed by atoms with Crippen molar-refractivity contribution in [1.29, 1.82) is 0 Å². The predicted octanol–water partition coefficient (Wildman–Crippen LogP) is 5.47. The molecule has 1 aromatic rings. The maximum atomic E-state index is 5.25. The molecule has 0 amide bonds. The Morgan fingerprint density at radius 1 is 1.35 bits per heavy atom. The highest BCUT2D eigenvalue weighted by atomic mass is 79.9. The van der Waals surface area contributed by atoms with Crippen LogP contribution in [-0.4, -0.2) is 7.11 Å². The second-order valence-corrected chi connectivity index (χ2v) is 6.71. The molecule has 0 aliphatic heterocycles. The van der Waals surface area contributed by atoms with Gasteiger partial charge in [-0.25, -0.2) is 0 Å². The summed E-state index contributed by atoms with van der Waals surface area (Å²) >= 11 is 7.36. The molecule has 0 radical (unpaired) electrons. The minimum Gasteiger partial charge on any atom is -0.496 e. The minimum atomic E-state index is 0.466. The average Bonchev–Trinajstić information content (AvgIpc) is 2.81. The molecule has 3 heteroatoms. The summed E-state index contributed by atoms with van der Waals surface area (Å²) in [6.07, 6.45) is 6.88. The highest BCUT2D eigenvalue weighted by molar-refractivity contribution is 9.10. The molecule has 2 rings (SSSR count). The Kier molecular flexibility index (Phi) is 4.92. The second-order valence-electron chi connectivity index (χ2n) is 4.75. The molecule has 0 saturated heterocycles. The summed E-state index contributed by atoms with van der Waals surface area (Å²) in [5, 5.41) is 0. The van der Waals surface area contributed by atoms with Gasteiger partial charge in [-0.3, -0.25) is 0 Å². The fraction of sp³-hybridized carbons (Fsp3) is 0.571. The van der Waals surface area contributed by atoms with E-state index in [2.05, 4.69) is 44.0 Å². The van der Waals surface area contributed by atoms with Crippen LogP contribution in [0.25, 0.3) is 0 Å².